The van der Waals surface area contributed by atoms with Crippen LogP contribution in [-0.2, 0) is 11.3 Å². The zero-order valence-electron chi connectivity index (χ0n) is 10.7. The van der Waals surface area contributed by atoms with Gasteiger partial charge in [-0.05, 0) is 34.1 Å². The smallest absolute Gasteiger partial charge is 0.350 e. The number of aromatic hydroxyl groups is 1. The van der Waals surface area contributed by atoms with Crippen molar-refractivity contribution in [1.82, 2.24) is 5.32 Å². The number of carboxylic acids is 1. The summed E-state index contributed by atoms with van der Waals surface area (Å²) >= 11 is 3.06. The molecular formula is C13H12BrNO6. The minimum atomic E-state index is -1.22. The molecule has 1 aromatic heterocycles. The van der Waals surface area contributed by atoms with E-state index in [1.54, 1.807) is 12.1 Å². The lowest BCUT2D eigenvalue weighted by Crippen LogP contribution is -2.39. The second kappa shape index (κ2) is 6.25. The second-order valence-electron chi connectivity index (χ2n) is 4.32. The summed E-state index contributed by atoms with van der Waals surface area (Å²) in [5.41, 5.74) is -0.194. The van der Waals surface area contributed by atoms with Gasteiger partial charge in [-0.1, -0.05) is 0 Å². The molecule has 1 atom stereocenters. The highest BCUT2D eigenvalue weighted by Crippen LogP contribution is 2.27. The number of phenolic OH excluding ortho intramolecular Hbond substituents is 1. The van der Waals surface area contributed by atoms with Crippen molar-refractivity contribution in [1.29, 1.82) is 0 Å². The predicted molar refractivity (Wildman–Crippen MR) is 77.2 cm³/mol. The molecule has 0 saturated heterocycles. The maximum absolute atomic E-state index is 11.5. The third-order valence-corrected chi connectivity index (χ3v) is 3.50. The molecule has 2 rings (SSSR count). The molecule has 1 heterocycles. The number of rotatable bonds is 5. The van der Waals surface area contributed by atoms with Crippen LogP contribution in [-0.4, -0.2) is 33.9 Å². The summed E-state index contributed by atoms with van der Waals surface area (Å²) in [6.45, 7) is -0.679. The molecule has 1 aromatic carbocycles. The highest BCUT2D eigenvalue weighted by molar-refractivity contribution is 9.10. The number of hydrogen-bond donors (Lipinski definition) is 4. The summed E-state index contributed by atoms with van der Waals surface area (Å²) in [6.07, 6.45) is 0. The number of aliphatic carboxylic acids is 1. The van der Waals surface area contributed by atoms with Crippen molar-refractivity contribution in [2.24, 2.45) is 0 Å². The molecule has 0 aliphatic heterocycles. The molecule has 4 N–H and O–H groups in total. The van der Waals surface area contributed by atoms with Gasteiger partial charge in [0.25, 0.3) is 0 Å². The Morgan fingerprint density at radius 2 is 2.14 bits per heavy atom. The Hall–Kier alpha value is -1.90. The number of aliphatic hydroxyl groups excluding tert-OH is 1. The minimum Gasteiger partial charge on any atom is -0.507 e. The van der Waals surface area contributed by atoms with Crippen molar-refractivity contribution < 1.29 is 24.5 Å². The van der Waals surface area contributed by atoms with Crippen LogP contribution in [0.15, 0.2) is 31.9 Å². The monoisotopic (exact) mass is 357 g/mol. The van der Waals surface area contributed by atoms with Gasteiger partial charge >= 0.3 is 11.6 Å². The summed E-state index contributed by atoms with van der Waals surface area (Å²) in [7, 11) is 0. The van der Waals surface area contributed by atoms with Crippen LogP contribution in [0.3, 0.4) is 0 Å². The molecule has 0 radical (unpaired) electrons. The van der Waals surface area contributed by atoms with E-state index in [4.69, 9.17) is 14.6 Å². The number of benzene rings is 1. The van der Waals surface area contributed by atoms with Gasteiger partial charge in [0, 0.05) is 11.9 Å². The number of fused-ring (bicyclic) bond motifs is 1. The summed E-state index contributed by atoms with van der Waals surface area (Å²) in [5, 5.41) is 30.8. The highest BCUT2D eigenvalue weighted by atomic mass is 79.9. The summed E-state index contributed by atoms with van der Waals surface area (Å²) in [6, 6.07) is 3.36. The normalized spacial score (nSPS) is 12.5. The summed E-state index contributed by atoms with van der Waals surface area (Å²) in [4.78, 5) is 22.4. The number of nitrogens with one attached hydrogen (secondary N) is 1. The molecule has 0 spiro atoms. The molecule has 21 heavy (non-hydrogen) atoms. The molecule has 0 saturated carbocycles. The fourth-order valence-electron chi connectivity index (χ4n) is 1.83. The lowest BCUT2D eigenvalue weighted by atomic mass is 10.1. The average Bonchev–Trinajstić information content (AvgIpc) is 2.43. The summed E-state index contributed by atoms with van der Waals surface area (Å²) in [5.74, 6) is -1.36. The number of phenols is 1. The Kier molecular flexibility index (Phi) is 4.61. The third-order valence-electron chi connectivity index (χ3n) is 2.94. The molecule has 0 unspecified atom stereocenters. The number of halogens is 1. The average molecular weight is 358 g/mol. The first-order valence-electron chi connectivity index (χ1n) is 5.95. The maximum atomic E-state index is 11.5. The van der Waals surface area contributed by atoms with Gasteiger partial charge in [0.2, 0.25) is 0 Å². The molecule has 112 valence electrons. The molecule has 0 amide bonds. The zero-order chi connectivity index (χ0) is 15.6. The van der Waals surface area contributed by atoms with E-state index in [0.29, 0.717) is 5.39 Å². The molecule has 0 aliphatic rings. The van der Waals surface area contributed by atoms with Crippen LogP contribution >= 0.6 is 15.9 Å². The van der Waals surface area contributed by atoms with Crippen LogP contribution in [0.25, 0.3) is 11.0 Å². The molecule has 8 heteroatoms. The van der Waals surface area contributed by atoms with Crippen LogP contribution in [0.4, 0.5) is 0 Å². The van der Waals surface area contributed by atoms with Crippen LogP contribution in [0.5, 0.6) is 5.75 Å². The third kappa shape index (κ3) is 3.23. The van der Waals surface area contributed by atoms with E-state index in [2.05, 4.69) is 21.2 Å². The zero-order valence-corrected chi connectivity index (χ0v) is 12.3. The van der Waals surface area contributed by atoms with Crippen molar-refractivity contribution in [3.8, 4) is 5.75 Å². The van der Waals surface area contributed by atoms with Crippen molar-refractivity contribution in [2.45, 2.75) is 12.6 Å². The van der Waals surface area contributed by atoms with Gasteiger partial charge in [-0.2, -0.15) is 0 Å². The molecular weight excluding hydrogens is 346 g/mol. The molecule has 7 nitrogen and oxygen atoms in total. The fourth-order valence-corrected chi connectivity index (χ4v) is 2.16. The number of carboxylic acid groups (broad SMARTS) is 1. The molecule has 0 aliphatic carbocycles. The second-order valence-corrected chi connectivity index (χ2v) is 5.17. The Morgan fingerprint density at radius 1 is 1.43 bits per heavy atom. The molecule has 0 bridgehead atoms. The lowest BCUT2D eigenvalue weighted by Gasteiger charge is -2.13. The first-order valence-corrected chi connectivity index (χ1v) is 6.74. The van der Waals surface area contributed by atoms with E-state index in [-0.39, 0.29) is 27.9 Å². The van der Waals surface area contributed by atoms with E-state index in [1.807, 2.05) is 0 Å². The molecule has 2 aromatic rings. The molecule has 0 fully saturated rings. The van der Waals surface area contributed by atoms with Crippen LogP contribution in [0, 0.1) is 0 Å². The largest absolute Gasteiger partial charge is 0.507 e. The van der Waals surface area contributed by atoms with Crippen molar-refractivity contribution >= 4 is 32.9 Å². The van der Waals surface area contributed by atoms with Gasteiger partial charge in [-0.15, -0.1) is 0 Å². The summed E-state index contributed by atoms with van der Waals surface area (Å²) < 4.78 is 5.37. The lowest BCUT2D eigenvalue weighted by molar-refractivity contribution is -0.140. The number of aliphatic hydroxyl groups is 1. The topological polar surface area (TPSA) is 120 Å². The van der Waals surface area contributed by atoms with Crippen molar-refractivity contribution in [3.05, 3.63) is 38.7 Å². The van der Waals surface area contributed by atoms with Crippen molar-refractivity contribution in [2.75, 3.05) is 6.61 Å². The van der Waals surface area contributed by atoms with Crippen LogP contribution < -0.4 is 10.9 Å². The van der Waals surface area contributed by atoms with E-state index in [9.17, 15) is 14.7 Å². The van der Waals surface area contributed by atoms with Gasteiger partial charge in [0.1, 0.15) is 21.8 Å². The fraction of sp³-hybridized carbons (Fsp3) is 0.231. The minimum absolute atomic E-state index is 0.0781. The van der Waals surface area contributed by atoms with E-state index < -0.39 is 24.2 Å². The van der Waals surface area contributed by atoms with E-state index in [1.165, 1.54) is 6.07 Å². The van der Waals surface area contributed by atoms with Gasteiger partial charge in [0.15, 0.2) is 0 Å². The first-order chi connectivity index (χ1) is 9.93. The standard InChI is InChI=1S/C13H12BrNO6/c14-8-3-6-1-2-10(17)7(11(6)21-13(8)20)4-15-9(5-16)12(18)19/h1-3,9,15-17H,4-5H2,(H,18,19)/t9-/m0/s1. The number of carbonyl (C=O) groups is 1. The van der Waals surface area contributed by atoms with Gasteiger partial charge in [-0.3, -0.25) is 10.1 Å². The van der Waals surface area contributed by atoms with Crippen LogP contribution in [0.2, 0.25) is 0 Å². The van der Waals surface area contributed by atoms with Crippen molar-refractivity contribution in [3.63, 3.8) is 0 Å². The van der Waals surface area contributed by atoms with Gasteiger partial charge in [0.05, 0.1) is 12.2 Å². The Labute approximate surface area is 127 Å². The van der Waals surface area contributed by atoms with Crippen LogP contribution in [0.1, 0.15) is 5.56 Å². The van der Waals surface area contributed by atoms with E-state index in [0.717, 1.165) is 0 Å². The predicted octanol–water partition coefficient (Wildman–Crippen LogP) is 0.796. The Balaban J connectivity index is 2.43. The Morgan fingerprint density at radius 3 is 2.76 bits per heavy atom. The quantitative estimate of drug-likeness (QED) is 0.584. The van der Waals surface area contributed by atoms with Gasteiger partial charge < -0.3 is 19.7 Å². The SMILES string of the molecule is O=C(O)[C@H](CO)NCc1c(O)ccc2cc(Br)c(=O)oc12. The first kappa shape index (κ1) is 15.5. The Bertz CT molecular complexity index is 741. The highest BCUT2D eigenvalue weighted by Gasteiger charge is 2.18. The van der Waals surface area contributed by atoms with Gasteiger partial charge in [-0.25, -0.2) is 4.79 Å². The van der Waals surface area contributed by atoms with E-state index >= 15 is 0 Å². The number of hydrogen-bond acceptors (Lipinski definition) is 6. The maximum Gasteiger partial charge on any atom is 0.350 e.